The highest BCUT2D eigenvalue weighted by Crippen LogP contribution is 1.89. The second-order valence-electron chi connectivity index (χ2n) is 1.86. The van der Waals surface area contributed by atoms with Crippen molar-refractivity contribution in [3.63, 3.8) is 0 Å². The number of nitrogens with two attached hydrogens (primary N) is 3. The van der Waals surface area contributed by atoms with Crippen LogP contribution in [-0.2, 0) is 9.53 Å². The Balaban J connectivity index is 0. The summed E-state index contributed by atoms with van der Waals surface area (Å²) in [5.41, 5.74) is 15.1. The minimum absolute atomic E-state index is 0. The van der Waals surface area contributed by atoms with Crippen LogP contribution in [0.25, 0.3) is 0 Å². The Labute approximate surface area is 65.3 Å². The number of carbonyl (C=O) groups is 1. The molecule has 0 aromatic carbocycles. The topological polar surface area (TPSA) is 104 Å². The molecule has 0 heterocycles. The Morgan fingerprint density at radius 2 is 2.00 bits per heavy atom. The molecule has 6 N–H and O–H groups in total. The molecule has 0 amide bonds. The molecule has 0 aliphatic carbocycles. The lowest BCUT2D eigenvalue weighted by atomic mass is 10.5. The number of hydrogen-bond donors (Lipinski definition) is 3. The zero-order valence-corrected chi connectivity index (χ0v) is 6.48. The minimum Gasteiger partial charge on any atom is -0.430 e. The number of esters is 1. The minimum atomic E-state index is -1.41. The molecule has 0 bridgehead atoms. The fourth-order valence-corrected chi connectivity index (χ4v) is 0.287. The second-order valence-corrected chi connectivity index (χ2v) is 1.86. The number of ether oxygens (including phenoxy) is 1. The van der Waals surface area contributed by atoms with Gasteiger partial charge in [-0.25, -0.2) is 0 Å². The summed E-state index contributed by atoms with van der Waals surface area (Å²) in [5, 5.41) is 0. The van der Waals surface area contributed by atoms with Crippen LogP contribution < -0.4 is 17.2 Å². The zero-order valence-electron chi connectivity index (χ0n) is 5.66. The lowest BCUT2D eigenvalue weighted by Crippen LogP contribution is -2.51. The average molecular weight is 170 g/mol. The van der Waals surface area contributed by atoms with Crippen molar-refractivity contribution in [1.29, 1.82) is 0 Å². The van der Waals surface area contributed by atoms with Crippen LogP contribution in [0.3, 0.4) is 0 Å². The standard InChI is InChI=1S/C4H11N3O2.ClH/c1-4(6,7)9-3(8)2-5;/h2,5-7H2,1H3;1H. The van der Waals surface area contributed by atoms with Gasteiger partial charge in [0.15, 0.2) is 0 Å². The molecule has 62 valence electrons. The number of hydrogen-bond acceptors (Lipinski definition) is 5. The van der Waals surface area contributed by atoms with E-state index in [1.807, 2.05) is 0 Å². The first-order valence-corrected chi connectivity index (χ1v) is 2.45. The molecule has 0 radical (unpaired) electrons. The third-order valence-corrected chi connectivity index (χ3v) is 0.500. The van der Waals surface area contributed by atoms with E-state index in [4.69, 9.17) is 17.2 Å². The molecule has 0 rings (SSSR count). The molecule has 0 spiro atoms. The van der Waals surface area contributed by atoms with Crippen molar-refractivity contribution in [3.8, 4) is 0 Å². The Kier molecular flexibility index (Phi) is 5.49. The summed E-state index contributed by atoms with van der Waals surface area (Å²) in [7, 11) is 0. The molecule has 10 heavy (non-hydrogen) atoms. The van der Waals surface area contributed by atoms with Crippen molar-refractivity contribution >= 4 is 18.4 Å². The van der Waals surface area contributed by atoms with E-state index < -0.39 is 11.8 Å². The van der Waals surface area contributed by atoms with Gasteiger partial charge in [-0.1, -0.05) is 0 Å². The Bertz CT molecular complexity index is 112. The highest BCUT2D eigenvalue weighted by Gasteiger charge is 2.15. The summed E-state index contributed by atoms with van der Waals surface area (Å²) in [4.78, 5) is 10.3. The molecule has 0 unspecified atom stereocenters. The molecular formula is C4H12ClN3O2. The average Bonchev–Trinajstić information content (AvgIpc) is 1.62. The molecule has 0 aliphatic rings. The number of carbonyl (C=O) groups excluding carboxylic acids is 1. The lowest BCUT2D eigenvalue weighted by molar-refractivity contribution is -0.155. The van der Waals surface area contributed by atoms with Crippen LogP contribution in [0.5, 0.6) is 0 Å². The summed E-state index contributed by atoms with van der Waals surface area (Å²) in [6, 6.07) is 0. The van der Waals surface area contributed by atoms with Crippen molar-refractivity contribution in [2.45, 2.75) is 12.8 Å². The molecule has 6 heteroatoms. The van der Waals surface area contributed by atoms with E-state index in [1.54, 1.807) is 0 Å². The first-order chi connectivity index (χ1) is 3.95. The second kappa shape index (κ2) is 4.45. The molecule has 0 aliphatic heterocycles. The van der Waals surface area contributed by atoms with Crippen LogP contribution in [0.1, 0.15) is 6.92 Å². The van der Waals surface area contributed by atoms with E-state index in [-0.39, 0.29) is 19.0 Å². The van der Waals surface area contributed by atoms with E-state index in [1.165, 1.54) is 6.92 Å². The third-order valence-electron chi connectivity index (χ3n) is 0.500. The Hall–Kier alpha value is -0.360. The molecule has 5 nitrogen and oxygen atoms in total. The Morgan fingerprint density at radius 3 is 2.10 bits per heavy atom. The summed E-state index contributed by atoms with van der Waals surface area (Å²) in [6.07, 6.45) is 0. The van der Waals surface area contributed by atoms with Crippen LogP contribution >= 0.6 is 12.4 Å². The maximum absolute atomic E-state index is 10.3. The fraction of sp³-hybridized carbons (Fsp3) is 0.750. The number of halogens is 1. The van der Waals surface area contributed by atoms with Crippen LogP contribution in [0.2, 0.25) is 0 Å². The molecule has 0 aromatic heterocycles. The Morgan fingerprint density at radius 1 is 1.60 bits per heavy atom. The van der Waals surface area contributed by atoms with E-state index in [0.717, 1.165) is 0 Å². The monoisotopic (exact) mass is 169 g/mol. The maximum Gasteiger partial charge on any atom is 0.322 e. The third kappa shape index (κ3) is 7.64. The van der Waals surface area contributed by atoms with Crippen molar-refractivity contribution in [2.75, 3.05) is 6.54 Å². The highest BCUT2D eigenvalue weighted by atomic mass is 35.5. The summed E-state index contributed by atoms with van der Waals surface area (Å²) < 4.78 is 4.38. The SMILES string of the molecule is CC(N)(N)OC(=O)CN.Cl. The maximum atomic E-state index is 10.3. The van der Waals surface area contributed by atoms with Gasteiger partial charge in [-0.2, -0.15) is 0 Å². The molecule has 0 aromatic rings. The fourth-order valence-electron chi connectivity index (χ4n) is 0.287. The van der Waals surface area contributed by atoms with Gasteiger partial charge < -0.3 is 10.5 Å². The van der Waals surface area contributed by atoms with E-state index in [9.17, 15) is 4.79 Å². The van der Waals surface area contributed by atoms with Gasteiger partial charge in [-0.15, -0.1) is 12.4 Å². The van der Waals surface area contributed by atoms with Gasteiger partial charge in [0.25, 0.3) is 0 Å². The van der Waals surface area contributed by atoms with Gasteiger partial charge in [-0.3, -0.25) is 16.3 Å². The van der Waals surface area contributed by atoms with E-state index in [0.29, 0.717) is 0 Å². The molecule has 0 saturated heterocycles. The summed E-state index contributed by atoms with van der Waals surface area (Å²) in [6.45, 7) is 1.16. The largest absolute Gasteiger partial charge is 0.430 e. The number of rotatable bonds is 2. The molecule has 0 fully saturated rings. The van der Waals surface area contributed by atoms with Crippen LogP contribution in [0.4, 0.5) is 0 Å². The predicted molar refractivity (Wildman–Crippen MR) is 39.2 cm³/mol. The van der Waals surface area contributed by atoms with Crippen LogP contribution in [0.15, 0.2) is 0 Å². The highest BCUT2D eigenvalue weighted by molar-refractivity contribution is 5.85. The van der Waals surface area contributed by atoms with E-state index in [2.05, 4.69) is 4.74 Å². The van der Waals surface area contributed by atoms with Crippen molar-refractivity contribution < 1.29 is 9.53 Å². The van der Waals surface area contributed by atoms with Gasteiger partial charge in [0, 0.05) is 6.92 Å². The normalized spacial score (nSPS) is 10.0. The van der Waals surface area contributed by atoms with Gasteiger partial charge in [0.2, 0.25) is 5.85 Å². The van der Waals surface area contributed by atoms with Crippen LogP contribution in [0, 0.1) is 0 Å². The van der Waals surface area contributed by atoms with Crippen LogP contribution in [-0.4, -0.2) is 18.4 Å². The zero-order chi connectivity index (χ0) is 7.49. The molecule has 0 saturated carbocycles. The van der Waals surface area contributed by atoms with Crippen molar-refractivity contribution in [1.82, 2.24) is 0 Å². The molecule has 0 atom stereocenters. The van der Waals surface area contributed by atoms with E-state index >= 15 is 0 Å². The molecular weight excluding hydrogens is 158 g/mol. The first kappa shape index (κ1) is 12.3. The lowest BCUT2D eigenvalue weighted by Gasteiger charge is -2.17. The van der Waals surface area contributed by atoms with Crippen molar-refractivity contribution in [3.05, 3.63) is 0 Å². The van der Waals surface area contributed by atoms with Crippen molar-refractivity contribution in [2.24, 2.45) is 17.2 Å². The smallest absolute Gasteiger partial charge is 0.322 e. The van der Waals surface area contributed by atoms with Gasteiger partial charge >= 0.3 is 5.97 Å². The predicted octanol–water partition coefficient (Wildman–Crippen LogP) is -1.50. The van der Waals surface area contributed by atoms with Gasteiger partial charge in [-0.05, 0) is 0 Å². The quantitative estimate of drug-likeness (QED) is 0.345. The summed E-state index contributed by atoms with van der Waals surface area (Å²) in [5.74, 6) is -2.02. The summed E-state index contributed by atoms with van der Waals surface area (Å²) >= 11 is 0. The van der Waals surface area contributed by atoms with Gasteiger partial charge in [0.1, 0.15) is 0 Å². The first-order valence-electron chi connectivity index (χ1n) is 2.45. The van der Waals surface area contributed by atoms with Gasteiger partial charge in [0.05, 0.1) is 6.54 Å².